The van der Waals surface area contributed by atoms with E-state index in [4.69, 9.17) is 18.9 Å². The molecule has 2 aliphatic rings. The topological polar surface area (TPSA) is 60.5 Å². The summed E-state index contributed by atoms with van der Waals surface area (Å²) >= 11 is 0. The van der Waals surface area contributed by atoms with E-state index in [1.807, 2.05) is 59.5 Å². The second-order valence-electron chi connectivity index (χ2n) is 10.7. The van der Waals surface area contributed by atoms with Crippen LogP contribution in [-0.4, -0.2) is 88.1 Å². The van der Waals surface area contributed by atoms with Crippen molar-refractivity contribution < 1.29 is 23.7 Å². The van der Waals surface area contributed by atoms with Gasteiger partial charge in [-0.1, -0.05) is 60.2 Å². The Kier molecular flexibility index (Phi) is 11.6. The number of likely N-dealkylation sites (tertiary alicyclic amines) is 1. The van der Waals surface area contributed by atoms with Crippen molar-refractivity contribution in [2.45, 2.75) is 44.5 Å². The van der Waals surface area contributed by atoms with Crippen molar-refractivity contribution >= 4 is 12.0 Å². The Morgan fingerprint density at radius 2 is 1.76 bits per heavy atom. The average Bonchev–Trinajstić information content (AvgIpc) is 3.00. The standard InChI is InChI=1S/C34H44N2O5/c1-26(21-27-13-7-5-8-14-27)24-36(34(37)28-22-31(38-2)33(40-4)32(23-28)39-3)20-12-19-35-18-11-17-30(25-35)41-29-15-9-6-10-16-29/h5-10,13-16,21-23,30-31,33H,11-12,17-20,24-25H2,1-4H3/b26-21+. The largest absolute Gasteiger partial charge is 0.498 e. The van der Waals surface area contributed by atoms with Crippen LogP contribution in [0.3, 0.4) is 0 Å². The minimum absolute atomic E-state index is 0.0408. The first-order valence-electron chi connectivity index (χ1n) is 14.5. The molecule has 7 heteroatoms. The fourth-order valence-corrected chi connectivity index (χ4v) is 5.56. The molecule has 1 aliphatic carbocycles. The number of carbonyl (C=O) groups is 1. The van der Waals surface area contributed by atoms with Crippen LogP contribution in [0.1, 0.15) is 31.7 Å². The third-order valence-corrected chi connectivity index (χ3v) is 7.58. The van der Waals surface area contributed by atoms with Crippen molar-refractivity contribution in [3.8, 4) is 5.75 Å². The summed E-state index contributed by atoms with van der Waals surface area (Å²) in [7, 11) is 4.83. The van der Waals surface area contributed by atoms with Crippen LogP contribution in [0.5, 0.6) is 5.75 Å². The van der Waals surface area contributed by atoms with Crippen LogP contribution in [0, 0.1) is 0 Å². The van der Waals surface area contributed by atoms with E-state index in [1.54, 1.807) is 27.4 Å². The molecule has 3 unspecified atom stereocenters. The second kappa shape index (κ2) is 15.6. The third kappa shape index (κ3) is 8.80. The quantitative estimate of drug-likeness (QED) is 0.329. The Hall–Kier alpha value is -3.39. The summed E-state index contributed by atoms with van der Waals surface area (Å²) in [5, 5.41) is 0. The number of hydrogen-bond donors (Lipinski definition) is 0. The van der Waals surface area contributed by atoms with E-state index in [1.165, 1.54) is 0 Å². The molecule has 0 N–H and O–H groups in total. The van der Waals surface area contributed by atoms with Gasteiger partial charge in [0.25, 0.3) is 5.91 Å². The van der Waals surface area contributed by atoms with Gasteiger partial charge in [0.2, 0.25) is 0 Å². The number of piperidine rings is 1. The molecule has 1 amide bonds. The highest BCUT2D eigenvalue weighted by molar-refractivity contribution is 5.97. The maximum atomic E-state index is 13.9. The number of methoxy groups -OCH3 is 3. The van der Waals surface area contributed by atoms with E-state index >= 15 is 0 Å². The molecule has 4 rings (SSSR count). The molecule has 1 saturated heterocycles. The average molecular weight is 561 g/mol. The first kappa shape index (κ1) is 30.6. The molecule has 2 aromatic rings. The molecule has 3 atom stereocenters. The van der Waals surface area contributed by atoms with Gasteiger partial charge in [-0.25, -0.2) is 0 Å². The summed E-state index contributed by atoms with van der Waals surface area (Å²) in [4.78, 5) is 18.3. The molecule has 0 radical (unpaired) electrons. The van der Waals surface area contributed by atoms with Gasteiger partial charge in [0.1, 0.15) is 29.8 Å². The Balaban J connectivity index is 1.44. The number of amides is 1. The first-order valence-corrected chi connectivity index (χ1v) is 14.5. The van der Waals surface area contributed by atoms with Gasteiger partial charge in [0, 0.05) is 39.4 Å². The highest BCUT2D eigenvalue weighted by atomic mass is 16.6. The molecule has 0 spiro atoms. The van der Waals surface area contributed by atoms with Crippen molar-refractivity contribution in [3.63, 3.8) is 0 Å². The van der Waals surface area contributed by atoms with E-state index < -0.39 is 6.10 Å². The van der Waals surface area contributed by atoms with Crippen LogP contribution in [-0.2, 0) is 19.0 Å². The molecule has 2 aromatic carbocycles. The maximum absolute atomic E-state index is 13.9. The SMILES string of the molecule is COC1=CC(C(=O)N(CCCN2CCCC(Oc3ccccc3)C2)C/C(C)=C/c2ccccc2)=CC(OC)C1OC. The van der Waals surface area contributed by atoms with Crippen LogP contribution in [0.15, 0.2) is 89.7 Å². The summed E-state index contributed by atoms with van der Waals surface area (Å²) in [6, 6.07) is 20.3. The lowest BCUT2D eigenvalue weighted by Gasteiger charge is -2.34. The molecule has 1 heterocycles. The lowest BCUT2D eigenvalue weighted by atomic mass is 9.98. The molecule has 41 heavy (non-hydrogen) atoms. The summed E-state index contributed by atoms with van der Waals surface area (Å²) in [5.41, 5.74) is 2.80. The zero-order valence-electron chi connectivity index (χ0n) is 24.8. The minimum atomic E-state index is -0.406. The van der Waals surface area contributed by atoms with Gasteiger partial charge in [-0.15, -0.1) is 0 Å². The summed E-state index contributed by atoms with van der Waals surface area (Å²) in [5.74, 6) is 1.46. The summed E-state index contributed by atoms with van der Waals surface area (Å²) in [6.45, 7) is 6.10. The number of hydrogen-bond acceptors (Lipinski definition) is 6. The lowest BCUT2D eigenvalue weighted by Crippen LogP contribution is -2.43. The fourth-order valence-electron chi connectivity index (χ4n) is 5.56. The van der Waals surface area contributed by atoms with Gasteiger partial charge >= 0.3 is 0 Å². The Morgan fingerprint density at radius 3 is 2.44 bits per heavy atom. The van der Waals surface area contributed by atoms with Crippen LogP contribution >= 0.6 is 0 Å². The van der Waals surface area contributed by atoms with Crippen LogP contribution in [0.2, 0.25) is 0 Å². The Bertz CT molecular complexity index is 1190. The molecule has 7 nitrogen and oxygen atoms in total. The van der Waals surface area contributed by atoms with Crippen molar-refractivity contribution in [3.05, 3.63) is 95.3 Å². The number of rotatable bonds is 13. The van der Waals surface area contributed by atoms with Crippen molar-refractivity contribution in [2.75, 3.05) is 54.1 Å². The van der Waals surface area contributed by atoms with Crippen molar-refractivity contribution in [1.29, 1.82) is 0 Å². The predicted molar refractivity (Wildman–Crippen MR) is 163 cm³/mol. The minimum Gasteiger partial charge on any atom is -0.498 e. The Labute approximate surface area is 245 Å². The van der Waals surface area contributed by atoms with Gasteiger partial charge in [-0.3, -0.25) is 9.69 Å². The van der Waals surface area contributed by atoms with E-state index in [0.717, 1.165) is 55.8 Å². The maximum Gasteiger partial charge on any atom is 0.254 e. The van der Waals surface area contributed by atoms with Crippen molar-refractivity contribution in [2.24, 2.45) is 0 Å². The zero-order chi connectivity index (χ0) is 29.0. The number of ether oxygens (including phenoxy) is 4. The molecule has 0 saturated carbocycles. The number of para-hydroxylation sites is 1. The molecule has 0 aromatic heterocycles. The molecular formula is C34H44N2O5. The number of carbonyl (C=O) groups excluding carboxylic acids is 1. The van der Waals surface area contributed by atoms with Crippen LogP contribution in [0.25, 0.3) is 6.08 Å². The van der Waals surface area contributed by atoms with Gasteiger partial charge in [0.05, 0.1) is 7.11 Å². The highest BCUT2D eigenvalue weighted by Crippen LogP contribution is 2.25. The second-order valence-corrected chi connectivity index (χ2v) is 10.7. The monoisotopic (exact) mass is 560 g/mol. The van der Waals surface area contributed by atoms with E-state index in [0.29, 0.717) is 24.4 Å². The normalized spacial score (nSPS) is 21.6. The molecule has 220 valence electrons. The highest BCUT2D eigenvalue weighted by Gasteiger charge is 2.32. The van der Waals surface area contributed by atoms with E-state index in [9.17, 15) is 4.79 Å². The number of nitrogens with zero attached hydrogens (tertiary/aromatic N) is 2. The molecule has 1 aliphatic heterocycles. The molecule has 1 fully saturated rings. The fraction of sp³-hybridized carbons (Fsp3) is 0.441. The predicted octanol–water partition coefficient (Wildman–Crippen LogP) is 5.35. The van der Waals surface area contributed by atoms with Gasteiger partial charge in [-0.2, -0.15) is 0 Å². The van der Waals surface area contributed by atoms with Gasteiger partial charge in [0.15, 0.2) is 0 Å². The van der Waals surface area contributed by atoms with Crippen molar-refractivity contribution in [1.82, 2.24) is 9.80 Å². The molecular weight excluding hydrogens is 516 g/mol. The third-order valence-electron chi connectivity index (χ3n) is 7.58. The van der Waals surface area contributed by atoms with Crippen LogP contribution in [0.4, 0.5) is 0 Å². The zero-order valence-corrected chi connectivity index (χ0v) is 24.8. The lowest BCUT2D eigenvalue weighted by molar-refractivity contribution is -0.126. The van der Waals surface area contributed by atoms with E-state index in [2.05, 4.69) is 30.0 Å². The van der Waals surface area contributed by atoms with Gasteiger partial charge < -0.3 is 23.8 Å². The van der Waals surface area contributed by atoms with Crippen LogP contribution < -0.4 is 4.74 Å². The first-order chi connectivity index (χ1) is 20.0. The smallest absolute Gasteiger partial charge is 0.254 e. The summed E-state index contributed by atoms with van der Waals surface area (Å²) < 4.78 is 23.0. The summed E-state index contributed by atoms with van der Waals surface area (Å²) in [6.07, 6.45) is 8.19. The van der Waals surface area contributed by atoms with Gasteiger partial charge in [-0.05, 0) is 69.1 Å². The Morgan fingerprint density at radius 1 is 1.02 bits per heavy atom. The molecule has 0 bridgehead atoms. The number of benzene rings is 2. The van der Waals surface area contributed by atoms with E-state index in [-0.39, 0.29) is 18.1 Å².